The van der Waals surface area contributed by atoms with Crippen molar-refractivity contribution in [3.63, 3.8) is 0 Å². The van der Waals surface area contributed by atoms with Crippen LogP contribution in [0.3, 0.4) is 0 Å². The molecule has 1 N–H and O–H groups in total. The molecule has 0 aliphatic heterocycles. The minimum atomic E-state index is -1.62. The molecule has 1 aromatic carbocycles. The molecule has 2 heterocycles. The zero-order chi connectivity index (χ0) is 23.3. The Bertz CT molecular complexity index is 1100. The molecule has 0 saturated carbocycles. The third-order valence-electron chi connectivity index (χ3n) is 3.86. The van der Waals surface area contributed by atoms with E-state index in [0.717, 1.165) is 0 Å². The summed E-state index contributed by atoms with van der Waals surface area (Å²) in [6, 6.07) is 4.91. The number of aromatic hydroxyl groups is 1. The maximum Gasteiger partial charge on any atom is 1.00 e. The van der Waals surface area contributed by atoms with Crippen LogP contribution >= 0.6 is 0 Å². The molecule has 0 unspecified atom stereocenters. The number of hydrogen-bond donors (Lipinski definition) is 1. The summed E-state index contributed by atoms with van der Waals surface area (Å²) in [5.41, 5.74) is -0.479. The topological polar surface area (TPSA) is 167 Å². The van der Waals surface area contributed by atoms with E-state index in [4.69, 9.17) is 28.4 Å². The second-order valence-electron chi connectivity index (χ2n) is 5.73. The van der Waals surface area contributed by atoms with Gasteiger partial charge in [-0.2, -0.15) is 19.9 Å². The van der Waals surface area contributed by atoms with E-state index in [2.05, 4.69) is 19.9 Å². The monoisotopic (exact) mass is 468 g/mol. The number of benzene rings is 1. The van der Waals surface area contributed by atoms with Gasteiger partial charge in [-0.3, -0.25) is 0 Å². The van der Waals surface area contributed by atoms with Gasteiger partial charge in [0.25, 0.3) is 11.8 Å². The van der Waals surface area contributed by atoms with E-state index in [-0.39, 0.29) is 76.6 Å². The predicted molar refractivity (Wildman–Crippen MR) is 103 cm³/mol. The number of carbonyl (C=O) groups excluding carboxylic acids is 1. The van der Waals surface area contributed by atoms with Gasteiger partial charge in [-0.25, -0.2) is 0 Å². The van der Waals surface area contributed by atoms with Crippen LogP contribution in [0.25, 0.3) is 0 Å². The van der Waals surface area contributed by atoms with Gasteiger partial charge in [0.05, 0.1) is 46.0 Å². The van der Waals surface area contributed by atoms with Crippen molar-refractivity contribution >= 4 is 5.97 Å². The van der Waals surface area contributed by atoms with Crippen LogP contribution in [-0.2, 0) is 0 Å². The first-order valence-electron chi connectivity index (χ1n) is 8.76. The van der Waals surface area contributed by atoms with Gasteiger partial charge in [0.2, 0.25) is 17.5 Å². The molecule has 13 nitrogen and oxygen atoms in total. The van der Waals surface area contributed by atoms with Crippen LogP contribution in [0, 0.1) is 0 Å². The Kier molecular flexibility index (Phi) is 8.85. The Morgan fingerprint density at radius 3 is 1.67 bits per heavy atom. The standard InChI is InChI=1S/C19H18N4O9.Na/c1-27-11-8-12(28-2)21-18(20-11)31-9-6-5-7-10(13(9)17(25)26)32-19-22-15(29-3)14(24)16(23-19)30-4;/h5-8,24H,1-4H3,(H,25,26);/q;+1/p-1. The summed E-state index contributed by atoms with van der Waals surface area (Å²) in [5, 5.41) is 21.8. The molecule has 14 heteroatoms. The Morgan fingerprint density at radius 2 is 1.27 bits per heavy atom. The zero-order valence-electron chi connectivity index (χ0n) is 18.3. The summed E-state index contributed by atoms with van der Waals surface area (Å²) in [5.74, 6) is -2.73. The zero-order valence-corrected chi connectivity index (χ0v) is 20.3. The molecule has 168 valence electrons. The first-order valence-corrected chi connectivity index (χ1v) is 8.76. The van der Waals surface area contributed by atoms with Crippen LogP contribution in [0.5, 0.6) is 52.8 Å². The summed E-state index contributed by atoms with van der Waals surface area (Å²) in [4.78, 5) is 27.6. The second kappa shape index (κ2) is 11.4. The maximum absolute atomic E-state index is 11.9. The third-order valence-corrected chi connectivity index (χ3v) is 3.86. The Hall–Kier alpha value is -3.55. The van der Waals surface area contributed by atoms with Crippen LogP contribution in [0.1, 0.15) is 10.4 Å². The molecule has 3 aromatic rings. The molecule has 0 atom stereocenters. The molecule has 0 fully saturated rings. The fraction of sp³-hybridized carbons (Fsp3) is 0.211. The maximum atomic E-state index is 11.9. The second-order valence-corrected chi connectivity index (χ2v) is 5.73. The number of methoxy groups -OCH3 is 4. The number of carbonyl (C=O) groups is 1. The number of aromatic nitrogens is 4. The molecule has 0 radical (unpaired) electrons. The SMILES string of the molecule is COc1cc(OC)nc(Oc2cccc(Oc3nc(OC)c(O)c(OC)n3)c2C(=O)[O-])n1.[Na+]. The van der Waals surface area contributed by atoms with Crippen molar-refractivity contribution in [2.24, 2.45) is 0 Å². The number of carboxylic acids is 1. The minimum Gasteiger partial charge on any atom is -0.545 e. The van der Waals surface area contributed by atoms with E-state index in [9.17, 15) is 15.0 Å². The number of aromatic carboxylic acids is 1. The number of nitrogens with zero attached hydrogens (tertiary/aromatic N) is 4. The van der Waals surface area contributed by atoms with Crippen molar-refractivity contribution in [2.75, 3.05) is 28.4 Å². The van der Waals surface area contributed by atoms with E-state index >= 15 is 0 Å². The van der Waals surface area contributed by atoms with Crippen molar-refractivity contribution in [3.05, 3.63) is 29.8 Å². The van der Waals surface area contributed by atoms with E-state index in [1.165, 1.54) is 52.7 Å². The smallest absolute Gasteiger partial charge is 0.545 e. The Balaban J connectivity index is 0.00000385. The number of hydrogen-bond acceptors (Lipinski definition) is 13. The average Bonchev–Trinajstić information content (AvgIpc) is 2.79. The van der Waals surface area contributed by atoms with Crippen molar-refractivity contribution in [1.82, 2.24) is 19.9 Å². The number of rotatable bonds is 9. The first-order chi connectivity index (χ1) is 15.4. The van der Waals surface area contributed by atoms with Crippen LogP contribution in [0.4, 0.5) is 0 Å². The minimum absolute atomic E-state index is 0. The molecule has 0 saturated heterocycles. The molecule has 0 aliphatic carbocycles. The van der Waals surface area contributed by atoms with Gasteiger partial charge in [-0.05, 0) is 12.1 Å². The van der Waals surface area contributed by atoms with Crippen molar-refractivity contribution in [1.29, 1.82) is 0 Å². The normalized spacial score (nSPS) is 9.94. The summed E-state index contributed by atoms with van der Waals surface area (Å²) >= 11 is 0. The van der Waals surface area contributed by atoms with E-state index in [1.807, 2.05) is 0 Å². The van der Waals surface area contributed by atoms with Crippen LogP contribution in [-0.4, -0.2) is 59.5 Å². The van der Waals surface area contributed by atoms with Gasteiger partial charge in [0, 0.05) is 0 Å². The largest absolute Gasteiger partial charge is 1.00 e. The summed E-state index contributed by atoms with van der Waals surface area (Å²) in [6.45, 7) is 0. The van der Waals surface area contributed by atoms with Gasteiger partial charge in [0.1, 0.15) is 11.5 Å². The van der Waals surface area contributed by atoms with E-state index in [1.54, 1.807) is 0 Å². The summed E-state index contributed by atoms with van der Waals surface area (Å²) < 4.78 is 31.0. The van der Waals surface area contributed by atoms with E-state index in [0.29, 0.717) is 0 Å². The van der Waals surface area contributed by atoms with Crippen molar-refractivity contribution in [3.8, 4) is 52.8 Å². The molecule has 0 amide bonds. The summed E-state index contributed by atoms with van der Waals surface area (Å²) in [6.07, 6.45) is 0. The van der Waals surface area contributed by atoms with Crippen molar-refractivity contribution in [2.45, 2.75) is 0 Å². The van der Waals surface area contributed by atoms with Crippen LogP contribution in [0.2, 0.25) is 0 Å². The average molecular weight is 468 g/mol. The van der Waals surface area contributed by atoms with Crippen LogP contribution < -0.4 is 63.1 Å². The first kappa shape index (κ1) is 25.7. The van der Waals surface area contributed by atoms with Gasteiger partial charge in [-0.15, -0.1) is 0 Å². The summed E-state index contributed by atoms with van der Waals surface area (Å²) in [7, 11) is 5.28. The quantitative estimate of drug-likeness (QED) is 0.341. The number of ether oxygens (including phenoxy) is 6. The van der Waals surface area contributed by atoms with Crippen LogP contribution in [0.15, 0.2) is 24.3 Å². The molecule has 2 aromatic heterocycles. The van der Waals surface area contributed by atoms with Crippen molar-refractivity contribution < 1.29 is 73.0 Å². The fourth-order valence-corrected chi connectivity index (χ4v) is 2.44. The Labute approximate surface area is 209 Å². The molecule has 33 heavy (non-hydrogen) atoms. The number of carboxylic acid groups (broad SMARTS) is 1. The predicted octanol–water partition coefficient (Wildman–Crippen LogP) is -2.04. The molecule has 0 aliphatic rings. The van der Waals surface area contributed by atoms with Gasteiger partial charge < -0.3 is 43.4 Å². The van der Waals surface area contributed by atoms with E-state index < -0.39 is 17.3 Å². The van der Waals surface area contributed by atoms with Gasteiger partial charge in [-0.1, -0.05) is 6.07 Å². The molecule has 3 rings (SSSR count). The third kappa shape index (κ3) is 5.83. The molecule has 0 bridgehead atoms. The fourth-order valence-electron chi connectivity index (χ4n) is 2.44. The molecular formula is C19H17N4NaO9. The molecular weight excluding hydrogens is 451 g/mol. The van der Waals surface area contributed by atoms with Gasteiger partial charge >= 0.3 is 41.6 Å². The van der Waals surface area contributed by atoms with Gasteiger partial charge in [0.15, 0.2) is 0 Å². The Morgan fingerprint density at radius 1 is 0.818 bits per heavy atom. The molecule has 0 spiro atoms.